The molecular weight excluding hydrogens is 354 g/mol. The molecule has 7 nitrogen and oxygen atoms in total. The molecule has 0 atom stereocenters. The predicted molar refractivity (Wildman–Crippen MR) is 105 cm³/mol. The highest BCUT2D eigenvalue weighted by Crippen LogP contribution is 2.17. The van der Waals surface area contributed by atoms with Crippen LogP contribution in [-0.4, -0.2) is 33.0 Å². The Labute approximate surface area is 162 Å². The highest BCUT2D eigenvalue weighted by molar-refractivity contribution is 5.97. The molecule has 0 bridgehead atoms. The Hall–Kier alpha value is -3.74. The maximum absolute atomic E-state index is 12.4. The van der Waals surface area contributed by atoms with Gasteiger partial charge in [0.15, 0.2) is 0 Å². The van der Waals surface area contributed by atoms with Gasteiger partial charge < -0.3 is 10.1 Å². The molecule has 0 aliphatic rings. The molecule has 0 unspecified atom stereocenters. The second-order valence-corrected chi connectivity index (χ2v) is 6.35. The van der Waals surface area contributed by atoms with E-state index in [-0.39, 0.29) is 5.91 Å². The maximum Gasteiger partial charge on any atom is 0.251 e. The topological polar surface area (TPSA) is 81.9 Å². The van der Waals surface area contributed by atoms with E-state index in [1.54, 1.807) is 36.3 Å². The fraction of sp³-hybridized carbons (Fsp3) is 0.143. The summed E-state index contributed by atoms with van der Waals surface area (Å²) in [5.41, 5.74) is 4.10. The third kappa shape index (κ3) is 3.83. The number of fused-ring (bicyclic) bond motifs is 1. The average molecular weight is 373 g/mol. The summed E-state index contributed by atoms with van der Waals surface area (Å²) in [5.74, 6) is 0.641. The number of benzene rings is 2. The van der Waals surface area contributed by atoms with Crippen LogP contribution in [0.1, 0.15) is 21.5 Å². The Balaban J connectivity index is 1.50. The third-order valence-electron chi connectivity index (χ3n) is 4.42. The van der Waals surface area contributed by atoms with Crippen LogP contribution in [0.25, 0.3) is 11.0 Å². The van der Waals surface area contributed by atoms with E-state index in [1.807, 2.05) is 42.5 Å². The van der Waals surface area contributed by atoms with Gasteiger partial charge in [-0.3, -0.25) is 9.78 Å². The number of hydrogen-bond donors (Lipinski definition) is 1. The molecule has 0 radical (unpaired) electrons. The Morgan fingerprint density at radius 1 is 1.11 bits per heavy atom. The van der Waals surface area contributed by atoms with Gasteiger partial charge >= 0.3 is 0 Å². The fourth-order valence-electron chi connectivity index (χ4n) is 2.96. The van der Waals surface area contributed by atoms with E-state index in [0.717, 1.165) is 22.4 Å². The van der Waals surface area contributed by atoms with Crippen LogP contribution in [0.15, 0.2) is 67.0 Å². The third-order valence-corrected chi connectivity index (χ3v) is 4.42. The molecule has 0 saturated carbocycles. The first-order valence-corrected chi connectivity index (χ1v) is 8.86. The summed E-state index contributed by atoms with van der Waals surface area (Å²) >= 11 is 0. The monoisotopic (exact) mass is 373 g/mol. The second-order valence-electron chi connectivity index (χ2n) is 6.35. The Morgan fingerprint density at radius 2 is 2.00 bits per heavy atom. The van der Waals surface area contributed by atoms with Gasteiger partial charge in [-0.15, -0.1) is 5.10 Å². The molecule has 0 saturated heterocycles. The van der Waals surface area contributed by atoms with Crippen molar-refractivity contribution in [1.29, 1.82) is 0 Å². The number of nitrogens with zero attached hydrogens (tertiary/aromatic N) is 4. The number of ether oxygens (including phenoxy) is 1. The number of amides is 1. The first-order valence-electron chi connectivity index (χ1n) is 8.86. The van der Waals surface area contributed by atoms with Crippen molar-refractivity contribution in [2.75, 3.05) is 7.11 Å². The first kappa shape index (κ1) is 17.7. The predicted octanol–water partition coefficient (Wildman–Crippen LogP) is 2.81. The van der Waals surface area contributed by atoms with Gasteiger partial charge in [0.25, 0.3) is 5.91 Å². The lowest BCUT2D eigenvalue weighted by atomic mass is 10.1. The van der Waals surface area contributed by atoms with Crippen LogP contribution in [0.3, 0.4) is 0 Å². The standard InChI is InChI=1S/C21H19N5O2/c1-28-18-6-2-4-15(10-18)14-26-20-8-7-17(11-19(20)24-25-26)21(27)23-13-16-5-3-9-22-12-16/h2-12H,13-14H2,1H3,(H,23,27). The van der Waals surface area contributed by atoms with Crippen molar-refractivity contribution in [2.24, 2.45) is 0 Å². The number of methoxy groups -OCH3 is 1. The number of rotatable bonds is 6. The molecule has 4 rings (SSSR count). The zero-order valence-corrected chi connectivity index (χ0v) is 15.4. The molecule has 140 valence electrons. The Kier molecular flexibility index (Phi) is 4.97. The van der Waals surface area contributed by atoms with Gasteiger partial charge in [-0.2, -0.15) is 0 Å². The lowest BCUT2D eigenvalue weighted by molar-refractivity contribution is 0.0951. The van der Waals surface area contributed by atoms with Crippen LogP contribution in [0, 0.1) is 0 Å². The molecule has 4 aromatic rings. The molecule has 1 N–H and O–H groups in total. The van der Waals surface area contributed by atoms with Crippen molar-refractivity contribution in [3.8, 4) is 5.75 Å². The van der Waals surface area contributed by atoms with Crippen LogP contribution in [0.4, 0.5) is 0 Å². The normalized spacial score (nSPS) is 10.8. The summed E-state index contributed by atoms with van der Waals surface area (Å²) in [5, 5.41) is 11.3. The molecular formula is C21H19N5O2. The van der Waals surface area contributed by atoms with Crippen molar-refractivity contribution in [3.05, 3.63) is 83.7 Å². The van der Waals surface area contributed by atoms with Crippen molar-refractivity contribution >= 4 is 16.9 Å². The summed E-state index contributed by atoms with van der Waals surface area (Å²) in [7, 11) is 1.64. The summed E-state index contributed by atoms with van der Waals surface area (Å²) in [6.45, 7) is 0.994. The van der Waals surface area contributed by atoms with Crippen LogP contribution < -0.4 is 10.1 Å². The van der Waals surface area contributed by atoms with E-state index in [1.165, 1.54) is 0 Å². The van der Waals surface area contributed by atoms with Gasteiger partial charge in [0, 0.05) is 24.5 Å². The van der Waals surface area contributed by atoms with Gasteiger partial charge in [0.2, 0.25) is 0 Å². The zero-order valence-electron chi connectivity index (χ0n) is 15.4. The number of carbonyl (C=O) groups excluding carboxylic acids is 1. The van der Waals surface area contributed by atoms with Crippen molar-refractivity contribution in [1.82, 2.24) is 25.3 Å². The van der Waals surface area contributed by atoms with Crippen LogP contribution in [0.2, 0.25) is 0 Å². The van der Waals surface area contributed by atoms with Gasteiger partial charge in [-0.1, -0.05) is 23.4 Å². The van der Waals surface area contributed by atoms with Gasteiger partial charge in [0.1, 0.15) is 11.3 Å². The zero-order chi connectivity index (χ0) is 19.3. The summed E-state index contributed by atoms with van der Waals surface area (Å²) in [4.78, 5) is 16.5. The number of nitrogens with one attached hydrogen (secondary N) is 1. The van der Waals surface area contributed by atoms with Crippen molar-refractivity contribution in [2.45, 2.75) is 13.1 Å². The van der Waals surface area contributed by atoms with E-state index in [9.17, 15) is 4.79 Å². The van der Waals surface area contributed by atoms with Gasteiger partial charge in [-0.25, -0.2) is 4.68 Å². The highest BCUT2D eigenvalue weighted by atomic mass is 16.5. The van der Waals surface area contributed by atoms with E-state index >= 15 is 0 Å². The Morgan fingerprint density at radius 3 is 2.82 bits per heavy atom. The van der Waals surface area contributed by atoms with E-state index < -0.39 is 0 Å². The second kappa shape index (κ2) is 7.87. The fourth-order valence-corrected chi connectivity index (χ4v) is 2.96. The minimum Gasteiger partial charge on any atom is -0.497 e. The van der Waals surface area contributed by atoms with Crippen LogP contribution in [0.5, 0.6) is 5.75 Å². The number of aromatic nitrogens is 4. The molecule has 0 aliphatic heterocycles. The lowest BCUT2D eigenvalue weighted by Gasteiger charge is -2.06. The molecule has 0 fully saturated rings. The molecule has 2 heterocycles. The highest BCUT2D eigenvalue weighted by Gasteiger charge is 2.11. The maximum atomic E-state index is 12.4. The smallest absolute Gasteiger partial charge is 0.251 e. The van der Waals surface area contributed by atoms with Crippen molar-refractivity contribution < 1.29 is 9.53 Å². The molecule has 7 heteroatoms. The minimum absolute atomic E-state index is 0.159. The van der Waals surface area contributed by atoms with Crippen molar-refractivity contribution in [3.63, 3.8) is 0 Å². The molecule has 1 amide bonds. The summed E-state index contributed by atoms with van der Waals surface area (Å²) < 4.78 is 7.07. The molecule has 0 spiro atoms. The largest absolute Gasteiger partial charge is 0.497 e. The first-order chi connectivity index (χ1) is 13.7. The molecule has 2 aromatic carbocycles. The van der Waals surface area contributed by atoms with E-state index in [0.29, 0.717) is 24.2 Å². The lowest BCUT2D eigenvalue weighted by Crippen LogP contribution is -2.22. The molecule has 0 aliphatic carbocycles. The van der Waals surface area contributed by atoms with Crippen LogP contribution >= 0.6 is 0 Å². The van der Waals surface area contributed by atoms with Gasteiger partial charge in [-0.05, 0) is 47.5 Å². The van der Waals surface area contributed by atoms with Gasteiger partial charge in [0.05, 0.1) is 19.2 Å². The summed E-state index contributed by atoms with van der Waals surface area (Å²) in [6, 6.07) is 17.0. The number of pyridine rings is 1. The minimum atomic E-state index is -0.159. The number of carbonyl (C=O) groups is 1. The Bertz CT molecular complexity index is 1110. The summed E-state index contributed by atoms with van der Waals surface area (Å²) in [6.07, 6.45) is 3.43. The van der Waals surface area contributed by atoms with E-state index in [4.69, 9.17) is 4.74 Å². The SMILES string of the molecule is COc1cccc(Cn2nnc3cc(C(=O)NCc4cccnc4)ccc32)c1. The molecule has 28 heavy (non-hydrogen) atoms. The van der Waals surface area contributed by atoms with Crippen LogP contribution in [-0.2, 0) is 13.1 Å². The molecule has 2 aromatic heterocycles. The average Bonchev–Trinajstić information content (AvgIpc) is 3.15. The number of hydrogen-bond acceptors (Lipinski definition) is 5. The van der Waals surface area contributed by atoms with E-state index in [2.05, 4.69) is 20.6 Å². The quantitative estimate of drug-likeness (QED) is 0.562.